The lowest BCUT2D eigenvalue weighted by molar-refractivity contribution is 0.327. The molecular formula is C17H22ClN. The van der Waals surface area contributed by atoms with Gasteiger partial charge in [0.15, 0.2) is 0 Å². The number of hydrogen-bond donors (Lipinski definition) is 1. The van der Waals surface area contributed by atoms with Crippen LogP contribution in [0.15, 0.2) is 54.6 Å². The minimum absolute atomic E-state index is 0. The number of rotatable bonds is 2. The average molecular weight is 276 g/mol. The molecule has 0 saturated heterocycles. The monoisotopic (exact) mass is 275 g/mol. The molecule has 1 atom stereocenters. The van der Waals surface area contributed by atoms with Gasteiger partial charge in [-0.05, 0) is 22.1 Å². The van der Waals surface area contributed by atoms with E-state index in [9.17, 15) is 0 Å². The molecule has 0 fully saturated rings. The summed E-state index contributed by atoms with van der Waals surface area (Å²) in [5.74, 6) is 0. The molecule has 0 aromatic heterocycles. The molecule has 0 aliphatic rings. The molecule has 2 heteroatoms. The molecule has 0 unspecified atom stereocenters. The second-order valence-corrected chi connectivity index (χ2v) is 5.83. The molecule has 2 aromatic rings. The van der Waals surface area contributed by atoms with Crippen LogP contribution in [-0.2, 0) is 0 Å². The van der Waals surface area contributed by atoms with Gasteiger partial charge in [0.1, 0.15) is 0 Å². The lowest BCUT2D eigenvalue weighted by Gasteiger charge is -2.27. The van der Waals surface area contributed by atoms with Gasteiger partial charge in [-0.25, -0.2) is 0 Å². The fourth-order valence-corrected chi connectivity index (χ4v) is 2.01. The number of nitrogens with two attached hydrogens (primary N) is 1. The van der Waals surface area contributed by atoms with E-state index >= 15 is 0 Å². The number of benzene rings is 2. The van der Waals surface area contributed by atoms with Crippen molar-refractivity contribution in [1.82, 2.24) is 0 Å². The molecule has 1 nitrogen and oxygen atoms in total. The van der Waals surface area contributed by atoms with Gasteiger partial charge < -0.3 is 5.73 Å². The number of hydrogen-bond acceptors (Lipinski definition) is 1. The molecule has 0 saturated carbocycles. The van der Waals surface area contributed by atoms with Crippen LogP contribution in [0, 0.1) is 5.41 Å². The molecule has 2 rings (SSSR count). The van der Waals surface area contributed by atoms with Crippen LogP contribution in [0.1, 0.15) is 32.4 Å². The predicted octanol–water partition coefficient (Wildman–Crippen LogP) is 4.82. The summed E-state index contributed by atoms with van der Waals surface area (Å²) >= 11 is 0. The highest BCUT2D eigenvalue weighted by molar-refractivity contribution is 5.85. The summed E-state index contributed by atoms with van der Waals surface area (Å²) in [6.45, 7) is 6.51. The van der Waals surface area contributed by atoms with Crippen LogP contribution in [-0.4, -0.2) is 0 Å². The molecule has 0 aliphatic heterocycles. The Morgan fingerprint density at radius 1 is 0.789 bits per heavy atom. The zero-order chi connectivity index (χ0) is 13.2. The third kappa shape index (κ3) is 3.82. The van der Waals surface area contributed by atoms with Crippen LogP contribution in [0.2, 0.25) is 0 Å². The zero-order valence-electron chi connectivity index (χ0n) is 11.8. The molecule has 0 bridgehead atoms. The van der Waals surface area contributed by atoms with Gasteiger partial charge in [-0.3, -0.25) is 0 Å². The van der Waals surface area contributed by atoms with Crippen LogP contribution in [0.25, 0.3) is 11.1 Å². The molecule has 2 N–H and O–H groups in total. The first-order valence-electron chi connectivity index (χ1n) is 6.39. The standard InChI is InChI=1S/C17H21N.ClH/c1-17(2,3)16(18)15-11-9-14(10-12-15)13-7-5-4-6-8-13;/h4-12,16H,18H2,1-3H3;1H/t16-;/m1./s1. The van der Waals surface area contributed by atoms with Crippen molar-refractivity contribution < 1.29 is 0 Å². The first kappa shape index (κ1) is 15.7. The van der Waals surface area contributed by atoms with E-state index in [1.165, 1.54) is 16.7 Å². The van der Waals surface area contributed by atoms with E-state index in [0.717, 1.165) is 0 Å². The van der Waals surface area contributed by atoms with E-state index in [4.69, 9.17) is 5.73 Å². The van der Waals surface area contributed by atoms with Crippen LogP contribution < -0.4 is 5.73 Å². The Balaban J connectivity index is 0.00000180. The van der Waals surface area contributed by atoms with Crippen molar-refractivity contribution in [2.75, 3.05) is 0 Å². The summed E-state index contributed by atoms with van der Waals surface area (Å²) in [7, 11) is 0. The van der Waals surface area contributed by atoms with Crippen molar-refractivity contribution in [3.63, 3.8) is 0 Å². The van der Waals surface area contributed by atoms with Crippen molar-refractivity contribution in [3.8, 4) is 11.1 Å². The average Bonchev–Trinajstić information content (AvgIpc) is 2.38. The molecule has 2 aromatic carbocycles. The van der Waals surface area contributed by atoms with Crippen LogP contribution in [0.4, 0.5) is 0 Å². The Kier molecular flexibility index (Phi) is 5.16. The maximum Gasteiger partial charge on any atom is 0.0344 e. The minimum Gasteiger partial charge on any atom is -0.324 e. The quantitative estimate of drug-likeness (QED) is 0.835. The van der Waals surface area contributed by atoms with E-state index < -0.39 is 0 Å². The molecule has 0 radical (unpaired) electrons. The van der Waals surface area contributed by atoms with Gasteiger partial charge in [-0.2, -0.15) is 0 Å². The van der Waals surface area contributed by atoms with Gasteiger partial charge in [0.25, 0.3) is 0 Å². The van der Waals surface area contributed by atoms with Crippen molar-refractivity contribution in [3.05, 3.63) is 60.2 Å². The van der Waals surface area contributed by atoms with E-state index in [-0.39, 0.29) is 23.9 Å². The van der Waals surface area contributed by atoms with Crippen molar-refractivity contribution >= 4 is 12.4 Å². The predicted molar refractivity (Wildman–Crippen MR) is 85.5 cm³/mol. The van der Waals surface area contributed by atoms with E-state index in [1.54, 1.807) is 0 Å². The Labute approximate surface area is 122 Å². The van der Waals surface area contributed by atoms with E-state index in [2.05, 4.69) is 69.3 Å². The number of halogens is 1. The van der Waals surface area contributed by atoms with Gasteiger partial charge in [-0.15, -0.1) is 12.4 Å². The van der Waals surface area contributed by atoms with Gasteiger partial charge in [0.05, 0.1) is 0 Å². The van der Waals surface area contributed by atoms with Gasteiger partial charge in [0, 0.05) is 6.04 Å². The zero-order valence-corrected chi connectivity index (χ0v) is 12.6. The minimum atomic E-state index is 0. The highest BCUT2D eigenvalue weighted by atomic mass is 35.5. The van der Waals surface area contributed by atoms with E-state index in [1.807, 2.05) is 6.07 Å². The Morgan fingerprint density at radius 3 is 1.74 bits per heavy atom. The third-order valence-corrected chi connectivity index (χ3v) is 3.31. The fourth-order valence-electron chi connectivity index (χ4n) is 2.01. The summed E-state index contributed by atoms with van der Waals surface area (Å²) in [6.07, 6.45) is 0. The highest BCUT2D eigenvalue weighted by Gasteiger charge is 2.21. The first-order valence-corrected chi connectivity index (χ1v) is 6.39. The lowest BCUT2D eigenvalue weighted by Crippen LogP contribution is -2.26. The summed E-state index contributed by atoms with van der Waals surface area (Å²) in [4.78, 5) is 0. The summed E-state index contributed by atoms with van der Waals surface area (Å²) < 4.78 is 0. The lowest BCUT2D eigenvalue weighted by atomic mass is 9.83. The maximum absolute atomic E-state index is 6.26. The Morgan fingerprint density at radius 2 is 1.26 bits per heavy atom. The molecule has 0 heterocycles. The second kappa shape index (κ2) is 6.23. The third-order valence-electron chi connectivity index (χ3n) is 3.31. The Bertz CT molecular complexity index is 497. The smallest absolute Gasteiger partial charge is 0.0344 e. The van der Waals surface area contributed by atoms with Crippen LogP contribution >= 0.6 is 12.4 Å². The molecule has 0 spiro atoms. The van der Waals surface area contributed by atoms with Crippen LogP contribution in [0.5, 0.6) is 0 Å². The fraction of sp³-hybridized carbons (Fsp3) is 0.294. The second-order valence-electron chi connectivity index (χ2n) is 5.83. The van der Waals surface area contributed by atoms with Gasteiger partial charge >= 0.3 is 0 Å². The van der Waals surface area contributed by atoms with Crippen molar-refractivity contribution in [2.45, 2.75) is 26.8 Å². The maximum atomic E-state index is 6.26. The molecular weight excluding hydrogens is 254 g/mol. The normalized spacial score (nSPS) is 12.6. The van der Waals surface area contributed by atoms with Gasteiger partial charge in [-0.1, -0.05) is 75.4 Å². The van der Waals surface area contributed by atoms with Crippen LogP contribution in [0.3, 0.4) is 0 Å². The molecule has 102 valence electrons. The largest absolute Gasteiger partial charge is 0.324 e. The topological polar surface area (TPSA) is 26.0 Å². The van der Waals surface area contributed by atoms with Crippen molar-refractivity contribution in [2.24, 2.45) is 11.1 Å². The van der Waals surface area contributed by atoms with Crippen molar-refractivity contribution in [1.29, 1.82) is 0 Å². The first-order chi connectivity index (χ1) is 8.48. The molecule has 0 amide bonds. The van der Waals surface area contributed by atoms with E-state index in [0.29, 0.717) is 0 Å². The summed E-state index contributed by atoms with van der Waals surface area (Å²) in [5.41, 5.74) is 10.0. The molecule has 19 heavy (non-hydrogen) atoms. The SMILES string of the molecule is CC(C)(C)[C@H](N)c1ccc(-c2ccccc2)cc1.Cl. The highest BCUT2D eigenvalue weighted by Crippen LogP contribution is 2.31. The van der Waals surface area contributed by atoms with Gasteiger partial charge in [0.2, 0.25) is 0 Å². The summed E-state index contributed by atoms with van der Waals surface area (Å²) in [6, 6.07) is 19.0. The molecule has 0 aliphatic carbocycles. The Hall–Kier alpha value is -1.31. The summed E-state index contributed by atoms with van der Waals surface area (Å²) in [5, 5.41) is 0.